The number of benzene rings is 1. The molecule has 130 valence electrons. The van der Waals surface area contributed by atoms with Crippen LogP contribution in [-0.2, 0) is 4.79 Å². The van der Waals surface area contributed by atoms with Crippen molar-refractivity contribution in [3.8, 4) is 5.88 Å². The van der Waals surface area contributed by atoms with Crippen molar-refractivity contribution in [2.45, 2.75) is 31.8 Å². The van der Waals surface area contributed by atoms with E-state index >= 15 is 0 Å². The third kappa shape index (κ3) is 4.89. The molecule has 1 aliphatic heterocycles. The number of hydrogen-bond acceptors (Lipinski definition) is 4. The molecule has 2 heterocycles. The van der Waals surface area contributed by atoms with Crippen LogP contribution in [0.4, 0.5) is 0 Å². The number of hydrogen-bond donors (Lipinski definition) is 0. The first-order valence-corrected chi connectivity index (χ1v) is 8.66. The first kappa shape index (κ1) is 17.1. The number of ether oxygens (including phenoxy) is 1. The molecule has 0 atom stereocenters. The second-order valence-electron chi connectivity index (χ2n) is 6.16. The molecular weight excluding hydrogens is 316 g/mol. The Morgan fingerprint density at radius 2 is 1.72 bits per heavy atom. The van der Waals surface area contributed by atoms with Crippen molar-refractivity contribution in [2.75, 3.05) is 13.1 Å². The normalized spacial score (nSPS) is 15.0. The van der Waals surface area contributed by atoms with E-state index in [1.165, 1.54) is 0 Å². The standard InChI is InChI=1S/C20H22N2O3/c23-18(16-6-2-1-3-7-16)9-10-20(24)22-14-11-17(12-15-22)25-19-8-4-5-13-21-19/h1-8,13,17H,9-12,14-15H2. The lowest BCUT2D eigenvalue weighted by atomic mass is 10.0. The topological polar surface area (TPSA) is 59.5 Å². The van der Waals surface area contributed by atoms with Crippen LogP contribution in [-0.4, -0.2) is 40.8 Å². The van der Waals surface area contributed by atoms with E-state index in [4.69, 9.17) is 4.74 Å². The van der Waals surface area contributed by atoms with Gasteiger partial charge >= 0.3 is 0 Å². The smallest absolute Gasteiger partial charge is 0.223 e. The van der Waals surface area contributed by atoms with Gasteiger partial charge < -0.3 is 9.64 Å². The average molecular weight is 338 g/mol. The van der Waals surface area contributed by atoms with E-state index in [0.717, 1.165) is 12.8 Å². The monoisotopic (exact) mass is 338 g/mol. The lowest BCUT2D eigenvalue weighted by Gasteiger charge is -2.32. The fraction of sp³-hybridized carbons (Fsp3) is 0.350. The summed E-state index contributed by atoms with van der Waals surface area (Å²) in [5.74, 6) is 0.684. The Labute approximate surface area is 147 Å². The second kappa shape index (κ2) is 8.42. The minimum Gasteiger partial charge on any atom is -0.474 e. The largest absolute Gasteiger partial charge is 0.474 e. The predicted octanol–water partition coefficient (Wildman–Crippen LogP) is 3.11. The minimum atomic E-state index is 0.0160. The minimum absolute atomic E-state index is 0.0160. The highest BCUT2D eigenvalue weighted by Gasteiger charge is 2.24. The number of pyridine rings is 1. The second-order valence-corrected chi connectivity index (χ2v) is 6.16. The Bertz CT molecular complexity index is 695. The Morgan fingerprint density at radius 1 is 1.00 bits per heavy atom. The molecule has 1 amide bonds. The zero-order valence-electron chi connectivity index (χ0n) is 14.1. The van der Waals surface area contributed by atoms with Gasteiger partial charge in [0, 0.05) is 56.6 Å². The molecule has 5 heteroatoms. The fourth-order valence-electron chi connectivity index (χ4n) is 2.96. The summed E-state index contributed by atoms with van der Waals surface area (Å²) in [5, 5.41) is 0. The van der Waals surface area contributed by atoms with Crippen molar-refractivity contribution in [2.24, 2.45) is 0 Å². The third-order valence-corrected chi connectivity index (χ3v) is 4.38. The van der Waals surface area contributed by atoms with E-state index in [2.05, 4.69) is 4.98 Å². The van der Waals surface area contributed by atoms with Crippen molar-refractivity contribution in [3.05, 3.63) is 60.3 Å². The summed E-state index contributed by atoms with van der Waals surface area (Å²) in [5.41, 5.74) is 0.665. The van der Waals surface area contributed by atoms with Crippen LogP contribution in [0, 0.1) is 0 Å². The number of likely N-dealkylation sites (tertiary alicyclic amines) is 1. The molecule has 1 aromatic carbocycles. The van der Waals surface area contributed by atoms with Gasteiger partial charge in [-0.2, -0.15) is 0 Å². The predicted molar refractivity (Wildman–Crippen MR) is 94.5 cm³/mol. The highest BCUT2D eigenvalue weighted by Crippen LogP contribution is 2.18. The van der Waals surface area contributed by atoms with E-state index < -0.39 is 0 Å². The van der Waals surface area contributed by atoms with E-state index in [1.807, 2.05) is 41.3 Å². The van der Waals surface area contributed by atoms with Crippen molar-refractivity contribution in [1.29, 1.82) is 0 Å². The molecule has 0 aliphatic carbocycles. The molecule has 3 rings (SSSR count). The SMILES string of the molecule is O=C(CCC(=O)N1CCC(Oc2ccccn2)CC1)c1ccccc1. The number of rotatable bonds is 6. The Morgan fingerprint density at radius 3 is 2.40 bits per heavy atom. The van der Waals surface area contributed by atoms with Crippen molar-refractivity contribution >= 4 is 11.7 Å². The van der Waals surface area contributed by atoms with Crippen molar-refractivity contribution in [3.63, 3.8) is 0 Å². The highest BCUT2D eigenvalue weighted by atomic mass is 16.5. The van der Waals surface area contributed by atoms with Crippen LogP contribution in [0.2, 0.25) is 0 Å². The van der Waals surface area contributed by atoms with Gasteiger partial charge in [0.2, 0.25) is 11.8 Å². The zero-order valence-corrected chi connectivity index (χ0v) is 14.1. The summed E-state index contributed by atoms with van der Waals surface area (Å²) in [6.45, 7) is 1.33. The van der Waals surface area contributed by atoms with Gasteiger partial charge in [-0.3, -0.25) is 9.59 Å². The van der Waals surface area contributed by atoms with E-state index in [0.29, 0.717) is 24.5 Å². The third-order valence-electron chi connectivity index (χ3n) is 4.38. The van der Waals surface area contributed by atoms with Gasteiger partial charge in [0.1, 0.15) is 6.10 Å². The molecule has 1 fully saturated rings. The number of Topliss-reactive ketones (excluding diaryl/α,β-unsaturated/α-hetero) is 1. The molecule has 25 heavy (non-hydrogen) atoms. The van der Waals surface area contributed by atoms with Crippen LogP contribution in [0.15, 0.2) is 54.7 Å². The summed E-state index contributed by atoms with van der Waals surface area (Å²) < 4.78 is 5.84. The number of amides is 1. The van der Waals surface area contributed by atoms with Crippen LogP contribution >= 0.6 is 0 Å². The van der Waals surface area contributed by atoms with Gasteiger partial charge in [0.25, 0.3) is 0 Å². The number of aromatic nitrogens is 1. The molecule has 1 aliphatic rings. The maximum atomic E-state index is 12.3. The summed E-state index contributed by atoms with van der Waals surface area (Å²) in [6.07, 6.45) is 3.89. The lowest BCUT2D eigenvalue weighted by Crippen LogP contribution is -2.41. The maximum Gasteiger partial charge on any atom is 0.223 e. The molecular formula is C20H22N2O3. The van der Waals surface area contributed by atoms with E-state index in [9.17, 15) is 9.59 Å². The highest BCUT2D eigenvalue weighted by molar-refractivity contribution is 5.97. The summed E-state index contributed by atoms with van der Waals surface area (Å²) >= 11 is 0. The van der Waals surface area contributed by atoms with Gasteiger partial charge in [0.15, 0.2) is 5.78 Å². The van der Waals surface area contributed by atoms with Gasteiger partial charge in [-0.15, -0.1) is 0 Å². The molecule has 2 aromatic rings. The van der Waals surface area contributed by atoms with Crippen LogP contribution in [0.3, 0.4) is 0 Å². The summed E-state index contributed by atoms with van der Waals surface area (Å²) in [6, 6.07) is 14.7. The summed E-state index contributed by atoms with van der Waals surface area (Å²) in [7, 11) is 0. The Kier molecular flexibility index (Phi) is 5.77. The Hall–Kier alpha value is -2.69. The molecule has 5 nitrogen and oxygen atoms in total. The van der Waals surface area contributed by atoms with Crippen LogP contribution in [0.25, 0.3) is 0 Å². The number of piperidine rings is 1. The van der Waals surface area contributed by atoms with Gasteiger partial charge in [-0.1, -0.05) is 36.4 Å². The lowest BCUT2D eigenvalue weighted by molar-refractivity contribution is -0.132. The molecule has 0 unspecified atom stereocenters. The van der Waals surface area contributed by atoms with Gasteiger partial charge in [0.05, 0.1) is 0 Å². The number of carbonyl (C=O) groups is 2. The maximum absolute atomic E-state index is 12.3. The molecule has 1 aromatic heterocycles. The molecule has 0 N–H and O–H groups in total. The Balaban J connectivity index is 1.42. The molecule has 0 radical (unpaired) electrons. The van der Waals surface area contributed by atoms with Crippen LogP contribution in [0.1, 0.15) is 36.0 Å². The quantitative estimate of drug-likeness (QED) is 0.759. The summed E-state index contributed by atoms with van der Waals surface area (Å²) in [4.78, 5) is 30.4. The first-order chi connectivity index (χ1) is 12.2. The van der Waals surface area contributed by atoms with Crippen LogP contribution in [0.5, 0.6) is 5.88 Å². The van der Waals surface area contributed by atoms with Gasteiger partial charge in [-0.05, 0) is 6.07 Å². The van der Waals surface area contributed by atoms with Crippen LogP contribution < -0.4 is 4.74 Å². The molecule has 0 bridgehead atoms. The van der Waals surface area contributed by atoms with E-state index in [1.54, 1.807) is 18.3 Å². The van der Waals surface area contributed by atoms with Crippen molar-refractivity contribution < 1.29 is 14.3 Å². The average Bonchev–Trinajstić information content (AvgIpc) is 2.68. The fourth-order valence-corrected chi connectivity index (χ4v) is 2.96. The first-order valence-electron chi connectivity index (χ1n) is 8.66. The zero-order chi connectivity index (χ0) is 17.5. The van der Waals surface area contributed by atoms with E-state index in [-0.39, 0.29) is 30.6 Å². The van der Waals surface area contributed by atoms with Crippen molar-refractivity contribution in [1.82, 2.24) is 9.88 Å². The number of ketones is 1. The van der Waals surface area contributed by atoms with Gasteiger partial charge in [-0.25, -0.2) is 4.98 Å². The molecule has 0 spiro atoms. The molecule has 0 saturated carbocycles. The number of nitrogens with zero attached hydrogens (tertiary/aromatic N) is 2. The number of carbonyl (C=O) groups excluding carboxylic acids is 2. The molecule has 1 saturated heterocycles.